The van der Waals surface area contributed by atoms with Crippen LogP contribution < -0.4 is 10.1 Å². The van der Waals surface area contributed by atoms with Gasteiger partial charge in [-0.3, -0.25) is 4.79 Å². The summed E-state index contributed by atoms with van der Waals surface area (Å²) in [6, 6.07) is 4.12. The van der Waals surface area contributed by atoms with Crippen LogP contribution in [0.4, 0.5) is 4.39 Å². The summed E-state index contributed by atoms with van der Waals surface area (Å²) in [6.07, 6.45) is 2.32. The van der Waals surface area contributed by atoms with Gasteiger partial charge >= 0.3 is 0 Å². The van der Waals surface area contributed by atoms with Crippen LogP contribution in [0.2, 0.25) is 0 Å². The molecule has 1 aliphatic heterocycles. The molecule has 126 valence electrons. The van der Waals surface area contributed by atoms with E-state index in [1.807, 2.05) is 0 Å². The second kappa shape index (κ2) is 6.45. The molecule has 1 amide bonds. The van der Waals surface area contributed by atoms with Gasteiger partial charge in [0.2, 0.25) is 5.91 Å². The van der Waals surface area contributed by atoms with Gasteiger partial charge in [0, 0.05) is 6.42 Å². The number of methoxy groups -OCH3 is 1. The van der Waals surface area contributed by atoms with Gasteiger partial charge in [-0.05, 0) is 31.9 Å². The average molecular weight is 323 g/mol. The third-order valence-electron chi connectivity index (χ3n) is 4.67. The Morgan fingerprint density at radius 3 is 2.87 bits per heavy atom. The highest BCUT2D eigenvalue weighted by molar-refractivity contribution is 5.80. The lowest BCUT2D eigenvalue weighted by molar-refractivity contribution is -0.186. The topological polar surface area (TPSA) is 56.8 Å². The van der Waals surface area contributed by atoms with E-state index in [9.17, 15) is 9.18 Å². The molecule has 0 bridgehead atoms. The molecule has 6 heteroatoms. The minimum atomic E-state index is -0.789. The van der Waals surface area contributed by atoms with Crippen LogP contribution >= 0.6 is 0 Å². The van der Waals surface area contributed by atoms with E-state index >= 15 is 0 Å². The molecule has 1 N–H and O–H groups in total. The molecule has 1 spiro atoms. The number of hydrogen-bond acceptors (Lipinski definition) is 4. The van der Waals surface area contributed by atoms with Gasteiger partial charge in [0.05, 0.1) is 37.8 Å². The third-order valence-corrected chi connectivity index (χ3v) is 4.67. The Kier molecular flexibility index (Phi) is 4.55. The Morgan fingerprint density at radius 2 is 2.17 bits per heavy atom. The molecule has 1 saturated carbocycles. The van der Waals surface area contributed by atoms with Gasteiger partial charge in [0.1, 0.15) is 11.6 Å². The van der Waals surface area contributed by atoms with Gasteiger partial charge < -0.3 is 19.5 Å². The minimum Gasteiger partial charge on any atom is -0.496 e. The molecular weight excluding hydrogens is 301 g/mol. The first-order chi connectivity index (χ1) is 11.1. The number of rotatable bonds is 4. The van der Waals surface area contributed by atoms with Gasteiger partial charge in [0.25, 0.3) is 0 Å². The first-order valence-corrected chi connectivity index (χ1v) is 7.98. The summed E-state index contributed by atoms with van der Waals surface area (Å²) in [6.45, 7) is 2.78. The molecule has 0 aromatic heterocycles. The molecule has 1 aliphatic carbocycles. The van der Waals surface area contributed by atoms with Crippen LogP contribution in [0.5, 0.6) is 5.75 Å². The molecule has 2 aliphatic rings. The normalized spacial score (nSPS) is 23.9. The second-order valence-electron chi connectivity index (χ2n) is 6.04. The number of carbonyl (C=O) groups excluding carboxylic acids is 1. The quantitative estimate of drug-likeness (QED) is 0.925. The highest BCUT2D eigenvalue weighted by Crippen LogP contribution is 2.42. The summed E-state index contributed by atoms with van der Waals surface area (Å²) in [5.41, 5.74) is 0.351. The van der Waals surface area contributed by atoms with Crippen LogP contribution in [-0.4, -0.2) is 32.0 Å². The smallest absolute Gasteiger partial charge is 0.229 e. The number of ether oxygens (including phenoxy) is 3. The standard InChI is InChI=1S/C17H22FNO4/c1-11(15-13(18)6-3-7-14(15)21-2)19-16(20)12-5-4-8-17(12)22-9-10-23-17/h3,6-7,11-12H,4-5,8-10H2,1-2H3,(H,19,20)/t11-,12-/m0/s1. The lowest BCUT2D eigenvalue weighted by Crippen LogP contribution is -2.45. The van der Waals surface area contributed by atoms with Gasteiger partial charge in [-0.2, -0.15) is 0 Å². The second-order valence-corrected chi connectivity index (χ2v) is 6.04. The van der Waals surface area contributed by atoms with Crippen LogP contribution in [0, 0.1) is 11.7 Å². The summed E-state index contributed by atoms with van der Waals surface area (Å²) in [5.74, 6) is -1.28. The fraction of sp³-hybridized carbons (Fsp3) is 0.588. The molecule has 23 heavy (non-hydrogen) atoms. The van der Waals surface area contributed by atoms with Crippen LogP contribution in [0.15, 0.2) is 18.2 Å². The lowest BCUT2D eigenvalue weighted by atomic mass is 9.99. The van der Waals surface area contributed by atoms with Gasteiger partial charge in [-0.1, -0.05) is 6.07 Å². The predicted molar refractivity (Wildman–Crippen MR) is 81.5 cm³/mol. The summed E-state index contributed by atoms with van der Waals surface area (Å²) in [7, 11) is 1.49. The monoisotopic (exact) mass is 323 g/mol. The van der Waals surface area contributed by atoms with Crippen molar-refractivity contribution in [3.8, 4) is 5.75 Å². The fourth-order valence-corrected chi connectivity index (χ4v) is 3.60. The molecule has 2 fully saturated rings. The zero-order chi connectivity index (χ0) is 16.4. The SMILES string of the molecule is COc1cccc(F)c1[C@H](C)NC(=O)[C@@H]1CCCC12OCCO2. The van der Waals surface area contributed by atoms with Crippen LogP contribution in [0.25, 0.3) is 0 Å². The zero-order valence-corrected chi connectivity index (χ0v) is 13.4. The Morgan fingerprint density at radius 1 is 1.43 bits per heavy atom. The van der Waals surface area contributed by atoms with E-state index in [0.717, 1.165) is 12.8 Å². The van der Waals surface area contributed by atoms with E-state index in [0.29, 0.717) is 30.9 Å². The maximum atomic E-state index is 14.1. The molecule has 0 radical (unpaired) electrons. The Balaban J connectivity index is 1.75. The Hall–Kier alpha value is -1.66. The van der Waals surface area contributed by atoms with Crippen LogP contribution in [-0.2, 0) is 14.3 Å². The first-order valence-electron chi connectivity index (χ1n) is 7.98. The maximum Gasteiger partial charge on any atom is 0.229 e. The molecule has 3 rings (SSSR count). The van der Waals surface area contributed by atoms with Gasteiger partial charge in [0.15, 0.2) is 5.79 Å². The molecule has 1 aromatic rings. The van der Waals surface area contributed by atoms with Gasteiger partial charge in [-0.15, -0.1) is 0 Å². The zero-order valence-electron chi connectivity index (χ0n) is 13.4. The molecule has 1 saturated heterocycles. The summed E-state index contributed by atoms with van der Waals surface area (Å²) in [4.78, 5) is 12.7. The summed E-state index contributed by atoms with van der Waals surface area (Å²) < 4.78 is 30.8. The van der Waals surface area contributed by atoms with E-state index in [2.05, 4.69) is 5.32 Å². The lowest BCUT2D eigenvalue weighted by Gasteiger charge is -2.29. The third kappa shape index (κ3) is 2.93. The van der Waals surface area contributed by atoms with E-state index < -0.39 is 17.6 Å². The van der Waals surface area contributed by atoms with Crippen molar-refractivity contribution in [3.63, 3.8) is 0 Å². The van der Waals surface area contributed by atoms with E-state index in [1.165, 1.54) is 13.2 Å². The van der Waals surface area contributed by atoms with Crippen LogP contribution in [0.1, 0.15) is 37.8 Å². The van der Waals surface area contributed by atoms with Crippen molar-refractivity contribution >= 4 is 5.91 Å². The number of nitrogens with one attached hydrogen (secondary N) is 1. The van der Waals surface area contributed by atoms with Crippen molar-refractivity contribution in [1.29, 1.82) is 0 Å². The predicted octanol–water partition coefficient (Wildman–Crippen LogP) is 2.55. The number of halogens is 1. The van der Waals surface area contributed by atoms with Crippen molar-refractivity contribution in [2.75, 3.05) is 20.3 Å². The van der Waals surface area contributed by atoms with E-state index in [-0.39, 0.29) is 11.8 Å². The minimum absolute atomic E-state index is 0.165. The van der Waals surface area contributed by atoms with Crippen LogP contribution in [0.3, 0.4) is 0 Å². The highest BCUT2D eigenvalue weighted by atomic mass is 19.1. The number of amides is 1. The molecule has 0 unspecified atom stereocenters. The van der Waals surface area contributed by atoms with E-state index in [1.54, 1.807) is 19.1 Å². The molecular formula is C17H22FNO4. The maximum absolute atomic E-state index is 14.1. The molecule has 1 aromatic carbocycles. The van der Waals surface area contributed by atoms with Crippen molar-refractivity contribution in [2.24, 2.45) is 5.92 Å². The van der Waals surface area contributed by atoms with Crippen molar-refractivity contribution in [3.05, 3.63) is 29.6 Å². The molecule has 5 nitrogen and oxygen atoms in total. The average Bonchev–Trinajstić information content (AvgIpc) is 3.17. The number of carbonyl (C=O) groups is 1. The Bertz CT molecular complexity index is 580. The van der Waals surface area contributed by atoms with Crippen molar-refractivity contribution in [2.45, 2.75) is 38.0 Å². The number of hydrogen-bond donors (Lipinski definition) is 1. The molecule has 2 atom stereocenters. The first kappa shape index (κ1) is 16.2. The number of benzene rings is 1. The van der Waals surface area contributed by atoms with Crippen molar-refractivity contribution in [1.82, 2.24) is 5.32 Å². The fourth-order valence-electron chi connectivity index (χ4n) is 3.60. The van der Waals surface area contributed by atoms with Crippen molar-refractivity contribution < 1.29 is 23.4 Å². The largest absolute Gasteiger partial charge is 0.496 e. The summed E-state index contributed by atoms with van der Waals surface area (Å²) in [5, 5.41) is 2.89. The Labute approximate surface area is 135 Å². The summed E-state index contributed by atoms with van der Waals surface area (Å²) >= 11 is 0. The van der Waals surface area contributed by atoms with E-state index in [4.69, 9.17) is 14.2 Å². The molecule has 1 heterocycles. The highest BCUT2D eigenvalue weighted by Gasteiger charge is 2.51. The van der Waals surface area contributed by atoms with Gasteiger partial charge in [-0.25, -0.2) is 4.39 Å².